The Morgan fingerprint density at radius 1 is 0.931 bits per heavy atom. The van der Waals surface area contributed by atoms with Crippen molar-refractivity contribution in [1.82, 2.24) is 10.2 Å². The zero-order valence-electron chi connectivity index (χ0n) is 16.0. The Morgan fingerprint density at radius 2 is 1.55 bits per heavy atom. The van der Waals surface area contributed by atoms with Crippen LogP contribution in [0.25, 0.3) is 11.1 Å². The van der Waals surface area contributed by atoms with Crippen LogP contribution in [0.5, 0.6) is 5.75 Å². The van der Waals surface area contributed by atoms with Crippen LogP contribution in [0.4, 0.5) is 13.6 Å². The average Bonchev–Trinajstić information content (AvgIpc) is 2.73. The van der Waals surface area contributed by atoms with Gasteiger partial charge in [0.1, 0.15) is 5.75 Å². The quantitative estimate of drug-likeness (QED) is 0.589. The molecule has 0 saturated carbocycles. The van der Waals surface area contributed by atoms with Gasteiger partial charge >= 0.3 is 12.6 Å². The maximum atomic E-state index is 12.5. The second-order valence-corrected chi connectivity index (χ2v) is 6.52. The van der Waals surface area contributed by atoms with Gasteiger partial charge in [0.25, 0.3) is 0 Å². The Morgan fingerprint density at radius 3 is 2.28 bits per heavy atom. The van der Waals surface area contributed by atoms with Gasteiger partial charge in [0.2, 0.25) is 0 Å². The summed E-state index contributed by atoms with van der Waals surface area (Å²) in [6, 6.07) is 24.0. The predicted octanol–water partition coefficient (Wildman–Crippen LogP) is 5.30. The first-order valence-electron chi connectivity index (χ1n) is 9.19. The molecular weight excluding hydrogens is 374 g/mol. The van der Waals surface area contributed by atoms with Crippen LogP contribution in [0.3, 0.4) is 0 Å². The first-order valence-corrected chi connectivity index (χ1v) is 9.19. The van der Waals surface area contributed by atoms with Crippen LogP contribution in [0.15, 0.2) is 78.9 Å². The van der Waals surface area contributed by atoms with Gasteiger partial charge in [0.05, 0.1) is 0 Å². The van der Waals surface area contributed by atoms with E-state index in [2.05, 4.69) is 10.1 Å². The van der Waals surface area contributed by atoms with Crippen molar-refractivity contribution in [3.05, 3.63) is 90.0 Å². The molecule has 3 rings (SSSR count). The Kier molecular flexibility index (Phi) is 6.79. The van der Waals surface area contributed by atoms with Crippen LogP contribution in [-0.4, -0.2) is 24.6 Å². The fourth-order valence-corrected chi connectivity index (χ4v) is 3.05. The van der Waals surface area contributed by atoms with Gasteiger partial charge in [0, 0.05) is 25.7 Å². The second kappa shape index (κ2) is 9.68. The standard InChI is InChI=1S/C23H22F2N2O2/c1-27(16-19-12-5-7-13-20(19)17-9-3-2-4-10-17)23(28)26-15-18-11-6-8-14-21(18)29-22(24)25/h2-14,22H,15-16H2,1H3,(H,26,28). The molecule has 0 unspecified atom stereocenters. The Bertz CT molecular complexity index is 948. The molecule has 4 nitrogen and oxygen atoms in total. The third kappa shape index (κ3) is 5.54. The van der Waals surface area contributed by atoms with E-state index in [1.807, 2.05) is 54.6 Å². The lowest BCUT2D eigenvalue weighted by Crippen LogP contribution is -2.36. The zero-order valence-corrected chi connectivity index (χ0v) is 16.0. The van der Waals surface area contributed by atoms with Gasteiger partial charge in [0.15, 0.2) is 0 Å². The molecule has 0 aromatic heterocycles. The molecule has 2 amide bonds. The summed E-state index contributed by atoms with van der Waals surface area (Å²) >= 11 is 0. The zero-order chi connectivity index (χ0) is 20.6. The van der Waals surface area contributed by atoms with E-state index in [1.165, 1.54) is 6.07 Å². The number of benzene rings is 3. The Labute approximate surface area is 168 Å². The van der Waals surface area contributed by atoms with Crippen molar-refractivity contribution in [2.24, 2.45) is 0 Å². The van der Waals surface area contributed by atoms with Crippen LogP contribution < -0.4 is 10.1 Å². The van der Waals surface area contributed by atoms with Crippen molar-refractivity contribution >= 4 is 6.03 Å². The molecule has 1 N–H and O–H groups in total. The van der Waals surface area contributed by atoms with Gasteiger partial charge < -0.3 is 15.0 Å². The molecule has 0 heterocycles. The fraction of sp³-hybridized carbons (Fsp3) is 0.174. The van der Waals surface area contributed by atoms with Crippen LogP contribution in [-0.2, 0) is 13.1 Å². The van der Waals surface area contributed by atoms with Crippen molar-refractivity contribution in [3.63, 3.8) is 0 Å². The van der Waals surface area contributed by atoms with E-state index in [0.29, 0.717) is 12.1 Å². The van der Waals surface area contributed by atoms with Crippen molar-refractivity contribution in [2.75, 3.05) is 7.05 Å². The third-order valence-corrected chi connectivity index (χ3v) is 4.48. The lowest BCUT2D eigenvalue weighted by molar-refractivity contribution is -0.0504. The van der Waals surface area contributed by atoms with Crippen molar-refractivity contribution in [1.29, 1.82) is 0 Å². The molecule has 6 heteroatoms. The van der Waals surface area contributed by atoms with Crippen LogP contribution in [0, 0.1) is 0 Å². The smallest absolute Gasteiger partial charge is 0.387 e. The third-order valence-electron chi connectivity index (χ3n) is 4.48. The molecule has 3 aromatic rings. The molecule has 0 aliphatic carbocycles. The van der Waals surface area contributed by atoms with E-state index < -0.39 is 6.61 Å². The summed E-state index contributed by atoms with van der Waals surface area (Å²) in [7, 11) is 1.69. The number of alkyl halides is 2. The first-order chi connectivity index (χ1) is 14.0. The molecular formula is C23H22F2N2O2. The van der Waals surface area contributed by atoms with E-state index in [9.17, 15) is 13.6 Å². The molecule has 0 spiro atoms. The van der Waals surface area contributed by atoms with Gasteiger partial charge in [-0.1, -0.05) is 72.8 Å². The highest BCUT2D eigenvalue weighted by Gasteiger charge is 2.14. The number of urea groups is 1. The topological polar surface area (TPSA) is 41.6 Å². The van der Waals surface area contributed by atoms with Crippen LogP contribution >= 0.6 is 0 Å². The number of halogens is 2. The van der Waals surface area contributed by atoms with E-state index in [0.717, 1.165) is 16.7 Å². The highest BCUT2D eigenvalue weighted by molar-refractivity contribution is 5.75. The second-order valence-electron chi connectivity index (χ2n) is 6.52. The summed E-state index contributed by atoms with van der Waals surface area (Å²) in [6.07, 6.45) is 0. The molecule has 0 radical (unpaired) electrons. The highest BCUT2D eigenvalue weighted by atomic mass is 19.3. The van der Waals surface area contributed by atoms with Gasteiger partial charge in [-0.25, -0.2) is 4.79 Å². The summed E-state index contributed by atoms with van der Waals surface area (Å²) in [5, 5.41) is 2.75. The van der Waals surface area contributed by atoms with Gasteiger partial charge in [-0.2, -0.15) is 8.78 Å². The molecule has 0 bridgehead atoms. The number of rotatable bonds is 7. The minimum absolute atomic E-state index is 0.0554. The van der Waals surface area contributed by atoms with Crippen molar-refractivity contribution < 1.29 is 18.3 Å². The minimum Gasteiger partial charge on any atom is -0.434 e. The number of carbonyl (C=O) groups is 1. The lowest BCUT2D eigenvalue weighted by Gasteiger charge is -2.20. The Balaban J connectivity index is 1.66. The fourth-order valence-electron chi connectivity index (χ4n) is 3.05. The van der Waals surface area contributed by atoms with Gasteiger partial charge in [-0.15, -0.1) is 0 Å². The monoisotopic (exact) mass is 396 g/mol. The highest BCUT2D eigenvalue weighted by Crippen LogP contribution is 2.24. The van der Waals surface area contributed by atoms with Gasteiger partial charge in [-0.05, 0) is 22.8 Å². The lowest BCUT2D eigenvalue weighted by atomic mass is 9.99. The van der Waals surface area contributed by atoms with Gasteiger partial charge in [-0.3, -0.25) is 0 Å². The maximum absolute atomic E-state index is 12.5. The van der Waals surface area contributed by atoms with E-state index in [1.54, 1.807) is 30.1 Å². The average molecular weight is 396 g/mol. The van der Waals surface area contributed by atoms with E-state index in [-0.39, 0.29) is 18.3 Å². The number of para-hydroxylation sites is 1. The summed E-state index contributed by atoms with van der Waals surface area (Å²) in [4.78, 5) is 14.1. The Hall–Kier alpha value is -3.41. The van der Waals surface area contributed by atoms with E-state index >= 15 is 0 Å². The molecule has 0 fully saturated rings. The maximum Gasteiger partial charge on any atom is 0.387 e. The van der Waals surface area contributed by atoms with Crippen LogP contribution in [0.2, 0.25) is 0 Å². The normalized spacial score (nSPS) is 10.6. The molecule has 0 atom stereocenters. The number of amides is 2. The molecule has 3 aromatic carbocycles. The minimum atomic E-state index is -2.91. The molecule has 0 aliphatic heterocycles. The number of hydrogen-bond donors (Lipinski definition) is 1. The SMILES string of the molecule is CN(Cc1ccccc1-c1ccccc1)C(=O)NCc1ccccc1OC(F)F. The van der Waals surface area contributed by atoms with Crippen molar-refractivity contribution in [2.45, 2.75) is 19.7 Å². The summed E-state index contributed by atoms with van der Waals surface area (Å²) in [5.74, 6) is 0.0554. The summed E-state index contributed by atoms with van der Waals surface area (Å²) in [6.45, 7) is -2.41. The molecule has 0 aliphatic rings. The number of hydrogen-bond acceptors (Lipinski definition) is 2. The number of carbonyl (C=O) groups excluding carboxylic acids is 1. The summed E-state index contributed by atoms with van der Waals surface area (Å²) in [5.41, 5.74) is 3.63. The molecule has 150 valence electrons. The number of nitrogens with zero attached hydrogens (tertiary/aromatic N) is 1. The van der Waals surface area contributed by atoms with Crippen molar-refractivity contribution in [3.8, 4) is 16.9 Å². The first kappa shape index (κ1) is 20.3. The summed E-state index contributed by atoms with van der Waals surface area (Å²) < 4.78 is 29.6. The predicted molar refractivity (Wildman–Crippen MR) is 109 cm³/mol. The molecule has 29 heavy (non-hydrogen) atoms. The number of ether oxygens (including phenoxy) is 1. The van der Waals surface area contributed by atoms with Crippen LogP contribution in [0.1, 0.15) is 11.1 Å². The largest absolute Gasteiger partial charge is 0.434 e. The van der Waals surface area contributed by atoms with E-state index in [4.69, 9.17) is 0 Å². The molecule has 0 saturated heterocycles. The number of nitrogens with one attached hydrogen (secondary N) is 1.